The van der Waals surface area contributed by atoms with Crippen LogP contribution in [0.5, 0.6) is 0 Å². The van der Waals surface area contributed by atoms with Crippen LogP contribution in [0.3, 0.4) is 0 Å². The Morgan fingerprint density at radius 2 is 1.89 bits per heavy atom. The van der Waals surface area contributed by atoms with Crippen molar-refractivity contribution in [3.63, 3.8) is 0 Å². The van der Waals surface area contributed by atoms with Crippen molar-refractivity contribution in [2.45, 2.75) is 50.4 Å². The molecule has 1 N–H and O–H groups in total. The molecule has 1 aliphatic heterocycles. The highest BCUT2D eigenvalue weighted by atomic mass is 16.2. The molecule has 0 bridgehead atoms. The number of amides is 1. The number of carbonyl (C=O) groups is 1. The topological polar surface area (TPSA) is 32.3 Å². The van der Waals surface area contributed by atoms with E-state index in [4.69, 9.17) is 0 Å². The van der Waals surface area contributed by atoms with Crippen LogP contribution in [0.1, 0.15) is 43.0 Å². The number of nitrogens with one attached hydrogen (secondary N) is 1. The van der Waals surface area contributed by atoms with Gasteiger partial charge in [-0.05, 0) is 38.2 Å². The molecule has 3 nitrogen and oxygen atoms in total. The molecule has 18 heavy (non-hydrogen) atoms. The first-order valence-electron chi connectivity index (χ1n) is 6.87. The van der Waals surface area contributed by atoms with Crippen LogP contribution in [0.4, 0.5) is 0 Å². The average Bonchev–Trinajstić information content (AvgIpc) is 3.23. The first-order chi connectivity index (χ1) is 8.70. The molecule has 94 valence electrons. The summed E-state index contributed by atoms with van der Waals surface area (Å²) in [6.45, 7) is 2.10. The molecule has 3 aliphatic rings. The number of rotatable bonds is 2. The molecule has 3 heteroatoms. The Morgan fingerprint density at radius 1 is 1.22 bits per heavy atom. The van der Waals surface area contributed by atoms with Gasteiger partial charge < -0.3 is 4.90 Å². The Balaban J connectivity index is 1.70. The van der Waals surface area contributed by atoms with E-state index in [1.54, 1.807) is 0 Å². The summed E-state index contributed by atoms with van der Waals surface area (Å²) in [4.78, 5) is 14.6. The van der Waals surface area contributed by atoms with Gasteiger partial charge in [0.15, 0.2) is 0 Å². The van der Waals surface area contributed by atoms with Crippen molar-refractivity contribution in [1.82, 2.24) is 10.2 Å². The third-order valence-electron chi connectivity index (χ3n) is 4.42. The zero-order valence-corrected chi connectivity index (χ0v) is 10.6. The Bertz CT molecular complexity index is 500. The van der Waals surface area contributed by atoms with Gasteiger partial charge in [0.05, 0.1) is 0 Å². The van der Waals surface area contributed by atoms with Gasteiger partial charge in [0.1, 0.15) is 11.7 Å². The molecule has 0 aromatic heterocycles. The van der Waals surface area contributed by atoms with E-state index >= 15 is 0 Å². The molecule has 2 aliphatic carbocycles. The Hall–Kier alpha value is -1.35. The van der Waals surface area contributed by atoms with Crippen LogP contribution in [0.25, 0.3) is 0 Å². The second kappa shape index (κ2) is 3.35. The highest BCUT2D eigenvalue weighted by Gasteiger charge is 2.61. The fraction of sp³-hybridized carbons (Fsp3) is 0.533. The predicted octanol–water partition coefficient (Wildman–Crippen LogP) is 2.12. The van der Waals surface area contributed by atoms with Crippen LogP contribution in [0.2, 0.25) is 0 Å². The SMILES string of the molecule is Cc1ccc(C2NC3(CC3)C(=O)N2C2CC2)cc1. The van der Waals surface area contributed by atoms with Gasteiger partial charge in [-0.3, -0.25) is 10.1 Å². The number of aryl methyl sites for hydroxylation is 1. The van der Waals surface area contributed by atoms with Gasteiger partial charge in [0.2, 0.25) is 5.91 Å². The molecule has 4 rings (SSSR count). The zero-order valence-electron chi connectivity index (χ0n) is 10.6. The minimum absolute atomic E-state index is 0.105. The van der Waals surface area contributed by atoms with Crippen molar-refractivity contribution in [2.75, 3.05) is 0 Å². The largest absolute Gasteiger partial charge is 0.318 e. The van der Waals surface area contributed by atoms with Crippen LogP contribution in [0, 0.1) is 6.92 Å². The Morgan fingerprint density at radius 3 is 2.44 bits per heavy atom. The molecular formula is C15H18N2O. The molecule has 0 radical (unpaired) electrons. The normalized spacial score (nSPS) is 29.1. The smallest absolute Gasteiger partial charge is 0.244 e. The number of nitrogens with zero attached hydrogens (tertiary/aromatic N) is 1. The summed E-state index contributed by atoms with van der Waals surface area (Å²) in [5, 5.41) is 3.57. The molecule has 1 spiro atoms. The average molecular weight is 242 g/mol. The highest BCUT2D eigenvalue weighted by molar-refractivity contribution is 5.92. The molecule has 2 saturated carbocycles. The molecule has 3 fully saturated rings. The van der Waals surface area contributed by atoms with Crippen molar-refractivity contribution < 1.29 is 4.79 Å². The molecule has 1 aromatic carbocycles. The molecule has 1 atom stereocenters. The van der Waals surface area contributed by atoms with E-state index < -0.39 is 0 Å². The Labute approximate surface area is 107 Å². The van der Waals surface area contributed by atoms with Crippen molar-refractivity contribution in [2.24, 2.45) is 0 Å². The maximum absolute atomic E-state index is 12.5. The van der Waals surface area contributed by atoms with Crippen LogP contribution >= 0.6 is 0 Å². The van der Waals surface area contributed by atoms with Gasteiger partial charge in [0.25, 0.3) is 0 Å². The summed E-state index contributed by atoms with van der Waals surface area (Å²) in [7, 11) is 0. The van der Waals surface area contributed by atoms with Gasteiger partial charge >= 0.3 is 0 Å². The second-order valence-electron chi connectivity index (χ2n) is 5.98. The van der Waals surface area contributed by atoms with Gasteiger partial charge in [-0.1, -0.05) is 29.8 Å². The molecule has 1 unspecified atom stereocenters. The predicted molar refractivity (Wildman–Crippen MR) is 68.9 cm³/mol. The van der Waals surface area contributed by atoms with Gasteiger partial charge in [-0.2, -0.15) is 0 Å². The van der Waals surface area contributed by atoms with Crippen LogP contribution < -0.4 is 5.32 Å². The lowest BCUT2D eigenvalue weighted by Crippen LogP contribution is -2.33. The number of carbonyl (C=O) groups excluding carboxylic acids is 1. The van der Waals surface area contributed by atoms with E-state index in [1.165, 1.54) is 24.0 Å². The third-order valence-corrected chi connectivity index (χ3v) is 4.42. The lowest BCUT2D eigenvalue weighted by atomic mass is 10.1. The highest BCUT2D eigenvalue weighted by Crippen LogP contribution is 2.49. The second-order valence-corrected chi connectivity index (χ2v) is 5.98. The maximum Gasteiger partial charge on any atom is 0.244 e. The maximum atomic E-state index is 12.5. The number of hydrogen-bond acceptors (Lipinski definition) is 2. The third kappa shape index (κ3) is 1.43. The summed E-state index contributed by atoms with van der Waals surface area (Å²) < 4.78 is 0. The van der Waals surface area contributed by atoms with Crippen LogP contribution in [-0.2, 0) is 4.79 Å². The quantitative estimate of drug-likeness (QED) is 0.861. The van der Waals surface area contributed by atoms with E-state index in [9.17, 15) is 4.79 Å². The zero-order chi connectivity index (χ0) is 12.3. The lowest BCUT2D eigenvalue weighted by molar-refractivity contribution is -0.131. The first-order valence-corrected chi connectivity index (χ1v) is 6.87. The van der Waals surface area contributed by atoms with Gasteiger partial charge in [-0.25, -0.2) is 0 Å². The van der Waals surface area contributed by atoms with E-state index in [-0.39, 0.29) is 11.7 Å². The van der Waals surface area contributed by atoms with Crippen molar-refractivity contribution in [3.8, 4) is 0 Å². The molecule has 1 amide bonds. The minimum Gasteiger partial charge on any atom is -0.318 e. The van der Waals surface area contributed by atoms with Crippen molar-refractivity contribution >= 4 is 5.91 Å². The van der Waals surface area contributed by atoms with E-state index in [2.05, 4.69) is 41.4 Å². The summed E-state index contributed by atoms with van der Waals surface area (Å²) in [5.74, 6) is 0.343. The summed E-state index contributed by atoms with van der Waals surface area (Å²) >= 11 is 0. The molecular weight excluding hydrogens is 224 g/mol. The molecule has 1 saturated heterocycles. The van der Waals surface area contributed by atoms with Gasteiger partial charge in [0, 0.05) is 6.04 Å². The monoisotopic (exact) mass is 242 g/mol. The summed E-state index contributed by atoms with van der Waals surface area (Å²) in [6.07, 6.45) is 4.47. The summed E-state index contributed by atoms with van der Waals surface area (Å²) in [6, 6.07) is 9.04. The molecule has 1 heterocycles. The number of hydrogen-bond donors (Lipinski definition) is 1. The van der Waals surface area contributed by atoms with Crippen molar-refractivity contribution in [3.05, 3.63) is 35.4 Å². The lowest BCUT2D eigenvalue weighted by Gasteiger charge is -2.24. The van der Waals surface area contributed by atoms with Crippen LogP contribution in [0.15, 0.2) is 24.3 Å². The summed E-state index contributed by atoms with van der Waals surface area (Å²) in [5.41, 5.74) is 2.30. The van der Waals surface area contributed by atoms with Crippen molar-refractivity contribution in [1.29, 1.82) is 0 Å². The van der Waals surface area contributed by atoms with E-state index in [0.29, 0.717) is 11.9 Å². The van der Waals surface area contributed by atoms with Gasteiger partial charge in [-0.15, -0.1) is 0 Å². The van der Waals surface area contributed by atoms with Crippen LogP contribution in [-0.4, -0.2) is 22.4 Å². The standard InChI is InChI=1S/C15H18N2O/c1-10-2-4-11(5-3-10)13-16-15(8-9-15)14(18)17(13)12-6-7-12/h2-5,12-13,16H,6-9H2,1H3. The first kappa shape index (κ1) is 10.6. The Kier molecular flexibility index (Phi) is 1.97. The molecule has 1 aromatic rings. The fourth-order valence-corrected chi connectivity index (χ4v) is 2.96. The van der Waals surface area contributed by atoms with E-state index in [0.717, 1.165) is 12.8 Å². The van der Waals surface area contributed by atoms with E-state index in [1.807, 2.05) is 0 Å². The fourth-order valence-electron chi connectivity index (χ4n) is 2.96. The minimum atomic E-state index is -0.196. The number of benzene rings is 1.